The Kier molecular flexibility index (Phi) is 6.96. The Morgan fingerprint density at radius 3 is 2.56 bits per heavy atom. The third-order valence-electron chi connectivity index (χ3n) is 5.91. The van der Waals surface area contributed by atoms with Crippen molar-refractivity contribution < 1.29 is 23.5 Å². The molecule has 1 aromatic heterocycles. The molecule has 1 aliphatic heterocycles. The van der Waals surface area contributed by atoms with E-state index in [1.54, 1.807) is 47.4 Å². The van der Waals surface area contributed by atoms with E-state index in [1.807, 2.05) is 19.1 Å². The lowest BCUT2D eigenvalue weighted by atomic mass is 10.0. The van der Waals surface area contributed by atoms with E-state index in [-0.39, 0.29) is 24.5 Å². The Balaban J connectivity index is 1.33. The van der Waals surface area contributed by atoms with Crippen molar-refractivity contribution in [3.63, 3.8) is 0 Å². The number of benzene rings is 2. The normalized spacial score (nSPS) is 14.0. The Hall–Kier alpha value is -4.07. The third kappa shape index (κ3) is 5.28. The van der Waals surface area contributed by atoms with Crippen molar-refractivity contribution in [2.24, 2.45) is 5.73 Å². The van der Waals surface area contributed by atoms with Crippen molar-refractivity contribution in [3.8, 4) is 5.75 Å². The van der Waals surface area contributed by atoms with Crippen LogP contribution in [0, 0.1) is 6.92 Å². The molecular weight excluding hydrogens is 434 g/mol. The van der Waals surface area contributed by atoms with Gasteiger partial charge in [-0.05, 0) is 55.7 Å². The lowest BCUT2D eigenvalue weighted by Crippen LogP contribution is -2.46. The van der Waals surface area contributed by atoms with Gasteiger partial charge in [-0.25, -0.2) is 0 Å². The molecule has 4 rings (SSSR count). The summed E-state index contributed by atoms with van der Waals surface area (Å²) in [6.45, 7) is 3.13. The number of furan rings is 1. The van der Waals surface area contributed by atoms with Crippen LogP contribution in [0.2, 0.25) is 0 Å². The highest BCUT2D eigenvalue weighted by atomic mass is 16.5. The van der Waals surface area contributed by atoms with Crippen molar-refractivity contribution in [2.45, 2.75) is 32.4 Å². The highest BCUT2D eigenvalue weighted by Gasteiger charge is 2.26. The van der Waals surface area contributed by atoms with Crippen molar-refractivity contribution in [1.82, 2.24) is 10.2 Å². The summed E-state index contributed by atoms with van der Waals surface area (Å²) in [5, 5.41) is 3.00. The van der Waals surface area contributed by atoms with Crippen LogP contribution in [0.5, 0.6) is 5.75 Å². The summed E-state index contributed by atoms with van der Waals surface area (Å²) in [5.74, 6) is -0.112. The first-order valence-corrected chi connectivity index (χ1v) is 11.2. The van der Waals surface area contributed by atoms with Crippen LogP contribution in [0.15, 0.2) is 65.3 Å². The summed E-state index contributed by atoms with van der Waals surface area (Å²) < 4.78 is 11.0. The minimum atomic E-state index is -0.557. The van der Waals surface area contributed by atoms with Gasteiger partial charge in [0.05, 0.1) is 11.8 Å². The zero-order valence-corrected chi connectivity index (χ0v) is 19.0. The van der Waals surface area contributed by atoms with Crippen LogP contribution >= 0.6 is 0 Å². The number of hydrogen-bond donors (Lipinski definition) is 2. The maximum Gasteiger partial charge on any atom is 0.287 e. The predicted octanol–water partition coefficient (Wildman–Crippen LogP) is 3.30. The first-order valence-electron chi connectivity index (χ1n) is 11.2. The van der Waals surface area contributed by atoms with Crippen LogP contribution in [-0.4, -0.2) is 41.8 Å². The van der Waals surface area contributed by atoms with Crippen molar-refractivity contribution in [3.05, 3.63) is 88.9 Å². The molecule has 3 N–H and O–H groups in total. The minimum Gasteiger partial charge on any atom is -0.488 e. The number of nitrogens with two attached hydrogens (primary N) is 1. The molecule has 0 aliphatic carbocycles. The Morgan fingerprint density at radius 2 is 1.85 bits per heavy atom. The highest BCUT2D eigenvalue weighted by Crippen LogP contribution is 2.20. The number of primary amides is 1. The molecule has 8 heteroatoms. The quantitative estimate of drug-likeness (QED) is 0.560. The van der Waals surface area contributed by atoms with Crippen LogP contribution < -0.4 is 15.8 Å². The molecule has 2 heterocycles. The van der Waals surface area contributed by atoms with Crippen molar-refractivity contribution >= 4 is 17.7 Å². The van der Waals surface area contributed by atoms with Gasteiger partial charge >= 0.3 is 0 Å². The molecule has 176 valence electrons. The number of amides is 3. The van der Waals surface area contributed by atoms with E-state index in [9.17, 15) is 14.4 Å². The second-order valence-corrected chi connectivity index (χ2v) is 8.32. The number of hydrogen-bond acceptors (Lipinski definition) is 5. The van der Waals surface area contributed by atoms with E-state index in [0.717, 1.165) is 11.1 Å². The fourth-order valence-electron chi connectivity index (χ4n) is 4.02. The lowest BCUT2D eigenvalue weighted by Gasteiger charge is -2.32. The van der Waals surface area contributed by atoms with E-state index in [1.165, 1.54) is 6.26 Å². The molecule has 3 aromatic rings. The maximum atomic E-state index is 13.1. The van der Waals surface area contributed by atoms with Gasteiger partial charge in [0, 0.05) is 30.3 Å². The smallest absolute Gasteiger partial charge is 0.287 e. The number of ether oxygens (including phenoxy) is 1. The molecule has 0 saturated carbocycles. The maximum absolute atomic E-state index is 13.1. The largest absolute Gasteiger partial charge is 0.488 e. The molecule has 0 radical (unpaired) electrons. The molecule has 0 atom stereocenters. The van der Waals surface area contributed by atoms with Gasteiger partial charge in [0.1, 0.15) is 12.4 Å². The highest BCUT2D eigenvalue weighted by molar-refractivity contribution is 5.96. The predicted molar refractivity (Wildman–Crippen MR) is 126 cm³/mol. The van der Waals surface area contributed by atoms with E-state index < -0.39 is 5.91 Å². The molecule has 1 aliphatic rings. The summed E-state index contributed by atoms with van der Waals surface area (Å²) in [7, 11) is 0. The molecule has 0 bridgehead atoms. The number of carbonyl (C=O) groups excluding carboxylic acids is 3. The minimum absolute atomic E-state index is 0.00823. The van der Waals surface area contributed by atoms with Gasteiger partial charge in [-0.15, -0.1) is 0 Å². The van der Waals surface area contributed by atoms with E-state index >= 15 is 0 Å². The zero-order valence-electron chi connectivity index (χ0n) is 19.0. The van der Waals surface area contributed by atoms with Gasteiger partial charge in [0.25, 0.3) is 17.7 Å². The lowest BCUT2D eigenvalue weighted by molar-refractivity contribution is 0.0695. The second kappa shape index (κ2) is 10.2. The van der Waals surface area contributed by atoms with Gasteiger partial charge in [-0.1, -0.05) is 24.3 Å². The first kappa shape index (κ1) is 23.1. The Labute approximate surface area is 197 Å². The number of para-hydroxylation sites is 1. The van der Waals surface area contributed by atoms with Gasteiger partial charge in [0.2, 0.25) is 0 Å². The number of rotatable bonds is 7. The van der Waals surface area contributed by atoms with Crippen LogP contribution in [-0.2, 0) is 6.61 Å². The van der Waals surface area contributed by atoms with Crippen LogP contribution in [0.3, 0.4) is 0 Å². The molecule has 8 nitrogen and oxygen atoms in total. The van der Waals surface area contributed by atoms with Crippen LogP contribution in [0.25, 0.3) is 0 Å². The molecule has 3 amide bonds. The van der Waals surface area contributed by atoms with Crippen LogP contribution in [0.1, 0.15) is 55.2 Å². The van der Waals surface area contributed by atoms with Crippen molar-refractivity contribution in [2.75, 3.05) is 13.1 Å². The first-order chi connectivity index (χ1) is 16.4. The standard InChI is InChI=1S/C26H27N3O5/c1-17-11-14-33-23(17)25(31)28-20-9-12-29(13-10-20)26(32)19-6-4-5-18(15-19)16-34-22-8-3-2-7-21(22)24(27)30/h2-8,11,14-15,20H,9-10,12-13,16H2,1H3,(H2,27,30)(H,28,31). The Bertz CT molecular complexity index is 1190. The summed E-state index contributed by atoms with van der Waals surface area (Å²) in [5.41, 5.74) is 7.88. The number of nitrogens with one attached hydrogen (secondary N) is 1. The molecule has 34 heavy (non-hydrogen) atoms. The zero-order chi connectivity index (χ0) is 24.1. The monoisotopic (exact) mass is 461 g/mol. The second-order valence-electron chi connectivity index (χ2n) is 8.32. The van der Waals surface area contributed by atoms with E-state index in [2.05, 4.69) is 5.32 Å². The third-order valence-corrected chi connectivity index (χ3v) is 5.91. The average Bonchev–Trinajstić information content (AvgIpc) is 3.29. The van der Waals surface area contributed by atoms with E-state index in [0.29, 0.717) is 48.6 Å². The molecular formula is C26H27N3O5. The number of carbonyl (C=O) groups is 3. The van der Waals surface area contributed by atoms with Gasteiger partial charge in [0.15, 0.2) is 5.76 Å². The van der Waals surface area contributed by atoms with Crippen LogP contribution in [0.4, 0.5) is 0 Å². The average molecular weight is 462 g/mol. The number of nitrogens with zero attached hydrogens (tertiary/aromatic N) is 1. The molecule has 0 spiro atoms. The van der Waals surface area contributed by atoms with Gasteiger partial charge < -0.3 is 25.1 Å². The SMILES string of the molecule is Cc1ccoc1C(=O)NC1CCN(C(=O)c2cccc(COc3ccccc3C(N)=O)c2)CC1. The number of likely N-dealkylation sites (tertiary alicyclic amines) is 1. The number of piperidine rings is 1. The molecule has 0 unspecified atom stereocenters. The summed E-state index contributed by atoms with van der Waals surface area (Å²) in [6.07, 6.45) is 2.84. The summed E-state index contributed by atoms with van der Waals surface area (Å²) in [4.78, 5) is 38.8. The van der Waals surface area contributed by atoms with E-state index in [4.69, 9.17) is 14.9 Å². The molecule has 1 fully saturated rings. The molecule has 1 saturated heterocycles. The van der Waals surface area contributed by atoms with Crippen molar-refractivity contribution in [1.29, 1.82) is 0 Å². The summed E-state index contributed by atoms with van der Waals surface area (Å²) in [6, 6.07) is 15.8. The summed E-state index contributed by atoms with van der Waals surface area (Å²) >= 11 is 0. The molecule has 2 aromatic carbocycles. The fourth-order valence-corrected chi connectivity index (χ4v) is 4.02. The van der Waals surface area contributed by atoms with Gasteiger partial charge in [-0.2, -0.15) is 0 Å². The number of aryl methyl sites for hydroxylation is 1. The topological polar surface area (TPSA) is 115 Å². The fraction of sp³-hybridized carbons (Fsp3) is 0.269. The van der Waals surface area contributed by atoms with Gasteiger partial charge in [-0.3, -0.25) is 14.4 Å². The Morgan fingerprint density at radius 1 is 1.09 bits per heavy atom.